The molecular weight excluding hydrogens is 387 g/mol. The van der Waals surface area contributed by atoms with Gasteiger partial charge in [0.05, 0.1) is 31.5 Å². The van der Waals surface area contributed by atoms with Gasteiger partial charge in [-0.1, -0.05) is 0 Å². The molecule has 0 aromatic carbocycles. The van der Waals surface area contributed by atoms with E-state index in [4.69, 9.17) is 49.4 Å². The standard InChI is InChI=1S/C16H30B2NO8P/c1-9(2)22-8-16(19)13(6-15(18)26-16)27-28(20,21)23-7-12-11(24-10(3)4)5-14(17)25-12/h9-15H,5-8,19H2,1-4H3,(H,20,21)/p-1. The molecule has 2 N–H and O–H groups in total. The molecule has 0 amide bonds. The summed E-state index contributed by atoms with van der Waals surface area (Å²) >= 11 is 0. The van der Waals surface area contributed by atoms with Crippen LogP contribution in [0.3, 0.4) is 0 Å². The minimum absolute atomic E-state index is 0.0624. The molecule has 2 heterocycles. The number of hydrogen-bond acceptors (Lipinski definition) is 9. The van der Waals surface area contributed by atoms with Crippen LogP contribution in [0.5, 0.6) is 0 Å². The number of phosphoric acid groups is 1. The lowest BCUT2D eigenvalue weighted by Crippen LogP contribution is -2.54. The van der Waals surface area contributed by atoms with Crippen LogP contribution in [0.15, 0.2) is 0 Å². The Labute approximate surface area is 169 Å². The quantitative estimate of drug-likeness (QED) is 0.385. The van der Waals surface area contributed by atoms with Crippen molar-refractivity contribution in [2.45, 2.75) is 88.8 Å². The molecule has 28 heavy (non-hydrogen) atoms. The molecule has 2 aliphatic heterocycles. The highest BCUT2D eigenvalue weighted by molar-refractivity contribution is 7.45. The third kappa shape index (κ3) is 7.07. The molecule has 2 aliphatic rings. The minimum Gasteiger partial charge on any atom is -0.756 e. The Morgan fingerprint density at radius 2 is 1.89 bits per heavy atom. The molecule has 12 heteroatoms. The molecule has 0 bridgehead atoms. The highest BCUT2D eigenvalue weighted by Gasteiger charge is 2.47. The van der Waals surface area contributed by atoms with Crippen molar-refractivity contribution < 1.29 is 37.5 Å². The van der Waals surface area contributed by atoms with Crippen LogP contribution in [0.4, 0.5) is 0 Å². The Hall–Kier alpha value is 0.0399. The minimum atomic E-state index is -4.73. The van der Waals surface area contributed by atoms with Crippen LogP contribution in [-0.2, 0) is 32.6 Å². The van der Waals surface area contributed by atoms with Crippen molar-refractivity contribution >= 4 is 23.5 Å². The molecule has 0 aliphatic carbocycles. The van der Waals surface area contributed by atoms with E-state index in [1.54, 1.807) is 0 Å². The zero-order valence-corrected chi connectivity index (χ0v) is 17.7. The van der Waals surface area contributed by atoms with Gasteiger partial charge < -0.3 is 32.9 Å². The van der Waals surface area contributed by atoms with Crippen LogP contribution < -0.4 is 10.6 Å². The van der Waals surface area contributed by atoms with Gasteiger partial charge in [-0.3, -0.25) is 10.3 Å². The maximum Gasteiger partial charge on any atom is 0.268 e. The average molecular weight is 416 g/mol. The Bertz CT molecular complexity index is 557. The molecule has 2 saturated heterocycles. The van der Waals surface area contributed by atoms with E-state index in [1.807, 2.05) is 27.7 Å². The highest BCUT2D eigenvalue weighted by Crippen LogP contribution is 2.45. The van der Waals surface area contributed by atoms with E-state index < -0.39 is 37.8 Å². The fourth-order valence-corrected chi connectivity index (χ4v) is 4.08. The van der Waals surface area contributed by atoms with Gasteiger partial charge in [-0.2, -0.15) is 0 Å². The summed E-state index contributed by atoms with van der Waals surface area (Å²) in [6.45, 7) is 7.01. The first kappa shape index (κ1) is 24.3. The lowest BCUT2D eigenvalue weighted by molar-refractivity contribution is -0.238. The van der Waals surface area contributed by atoms with Crippen LogP contribution in [-0.4, -0.2) is 77.2 Å². The molecule has 0 spiro atoms. The first-order valence-electron chi connectivity index (χ1n) is 9.44. The summed E-state index contributed by atoms with van der Waals surface area (Å²) < 4.78 is 44.6. The smallest absolute Gasteiger partial charge is 0.268 e. The molecule has 9 nitrogen and oxygen atoms in total. The van der Waals surface area contributed by atoms with Gasteiger partial charge in [0.15, 0.2) is 5.72 Å². The molecule has 4 radical (unpaired) electrons. The summed E-state index contributed by atoms with van der Waals surface area (Å²) in [5.41, 5.74) is 4.64. The van der Waals surface area contributed by atoms with Crippen molar-refractivity contribution in [1.29, 1.82) is 0 Å². The second-order valence-corrected chi connectivity index (χ2v) is 9.08. The van der Waals surface area contributed by atoms with Crippen molar-refractivity contribution in [3.05, 3.63) is 0 Å². The van der Waals surface area contributed by atoms with Gasteiger partial charge in [-0.25, -0.2) is 0 Å². The Balaban J connectivity index is 1.93. The van der Waals surface area contributed by atoms with Gasteiger partial charge in [0.1, 0.15) is 27.9 Å². The Morgan fingerprint density at radius 3 is 2.50 bits per heavy atom. The lowest BCUT2D eigenvalue weighted by atomic mass is 9.95. The number of hydrogen-bond donors (Lipinski definition) is 1. The number of phosphoric ester groups is 1. The number of rotatable bonds is 10. The van der Waals surface area contributed by atoms with E-state index in [-0.39, 0.29) is 37.9 Å². The van der Waals surface area contributed by atoms with Crippen molar-refractivity contribution in [2.75, 3.05) is 13.2 Å². The van der Waals surface area contributed by atoms with Crippen LogP contribution >= 0.6 is 7.82 Å². The van der Waals surface area contributed by atoms with Crippen molar-refractivity contribution in [3.8, 4) is 0 Å². The van der Waals surface area contributed by atoms with E-state index in [9.17, 15) is 9.46 Å². The van der Waals surface area contributed by atoms with Gasteiger partial charge >= 0.3 is 0 Å². The summed E-state index contributed by atoms with van der Waals surface area (Å²) in [7, 11) is 6.81. The molecule has 7 atom stereocenters. The second-order valence-electron chi connectivity index (χ2n) is 7.72. The average Bonchev–Trinajstić information content (AvgIpc) is 3.02. The molecule has 0 saturated carbocycles. The lowest BCUT2D eigenvalue weighted by Gasteiger charge is -2.35. The first-order valence-corrected chi connectivity index (χ1v) is 10.9. The van der Waals surface area contributed by atoms with E-state index in [0.717, 1.165) is 0 Å². The summed E-state index contributed by atoms with van der Waals surface area (Å²) in [4.78, 5) is 12.3. The molecule has 0 aromatic rings. The maximum atomic E-state index is 12.3. The normalized spacial score (nSPS) is 38.4. The largest absolute Gasteiger partial charge is 0.756 e. The SMILES string of the molecule is [B]C1CC(OC(C)C)C(COP(=O)([O-])OC2CC([B])OC2(N)COC(C)C)O1. The van der Waals surface area contributed by atoms with Gasteiger partial charge in [0.25, 0.3) is 7.82 Å². The summed E-state index contributed by atoms with van der Waals surface area (Å²) in [6.07, 6.45) is -1.70. The van der Waals surface area contributed by atoms with Gasteiger partial charge in [0, 0.05) is 12.0 Å². The summed E-state index contributed by atoms with van der Waals surface area (Å²) in [5, 5.41) is 0. The molecule has 158 valence electrons. The predicted octanol–water partition coefficient (Wildman–Crippen LogP) is -0.0714. The van der Waals surface area contributed by atoms with Gasteiger partial charge in [0.2, 0.25) is 0 Å². The molecular formula is C16H29B2NO8P-. The van der Waals surface area contributed by atoms with Crippen molar-refractivity contribution in [3.63, 3.8) is 0 Å². The predicted molar refractivity (Wildman–Crippen MR) is 101 cm³/mol. The third-order valence-corrected chi connectivity index (χ3v) is 5.31. The number of ether oxygens (including phenoxy) is 4. The van der Waals surface area contributed by atoms with Crippen LogP contribution in [0.25, 0.3) is 0 Å². The highest BCUT2D eigenvalue weighted by atomic mass is 31.2. The molecule has 0 aromatic heterocycles. The topological polar surface area (TPSA) is 122 Å². The van der Waals surface area contributed by atoms with E-state index in [1.165, 1.54) is 0 Å². The fourth-order valence-electron chi connectivity index (χ4n) is 3.11. The molecule has 7 unspecified atom stereocenters. The van der Waals surface area contributed by atoms with Crippen molar-refractivity contribution in [1.82, 2.24) is 0 Å². The Morgan fingerprint density at radius 1 is 1.21 bits per heavy atom. The summed E-state index contributed by atoms with van der Waals surface area (Å²) in [5.74, 6) is 0. The van der Waals surface area contributed by atoms with E-state index >= 15 is 0 Å². The van der Waals surface area contributed by atoms with Crippen LogP contribution in [0.2, 0.25) is 0 Å². The van der Waals surface area contributed by atoms with E-state index in [2.05, 4.69) is 0 Å². The first-order chi connectivity index (χ1) is 12.9. The van der Waals surface area contributed by atoms with Crippen LogP contribution in [0, 0.1) is 0 Å². The Kier molecular flexibility index (Phi) is 8.59. The maximum absolute atomic E-state index is 12.3. The third-order valence-electron chi connectivity index (χ3n) is 4.33. The van der Waals surface area contributed by atoms with Gasteiger partial charge in [-0.05, 0) is 40.5 Å². The zero-order chi connectivity index (χ0) is 21.1. The van der Waals surface area contributed by atoms with Crippen LogP contribution in [0.1, 0.15) is 40.5 Å². The van der Waals surface area contributed by atoms with Crippen molar-refractivity contribution in [2.24, 2.45) is 5.73 Å². The fraction of sp³-hybridized carbons (Fsp3) is 1.00. The summed E-state index contributed by atoms with van der Waals surface area (Å²) in [6, 6.07) is -1.32. The second kappa shape index (κ2) is 9.90. The van der Waals surface area contributed by atoms with Gasteiger partial charge in [-0.15, -0.1) is 0 Å². The molecule has 2 rings (SSSR count). The molecule has 2 fully saturated rings. The zero-order valence-electron chi connectivity index (χ0n) is 16.8. The van der Waals surface area contributed by atoms with E-state index in [0.29, 0.717) is 6.42 Å². The monoisotopic (exact) mass is 416 g/mol. The number of nitrogens with two attached hydrogens (primary N) is 1.